The summed E-state index contributed by atoms with van der Waals surface area (Å²) in [4.78, 5) is 33.4. The third kappa shape index (κ3) is 20.9. The van der Waals surface area contributed by atoms with E-state index in [1.807, 2.05) is 0 Å². The molecule has 0 spiro atoms. The fourth-order valence-electron chi connectivity index (χ4n) is 4.78. The molecule has 0 bridgehead atoms. The number of hydrogen-bond donors (Lipinski definition) is 2. The van der Waals surface area contributed by atoms with Crippen LogP contribution in [-0.4, -0.2) is 58.8 Å². The van der Waals surface area contributed by atoms with Crippen LogP contribution >= 0.6 is 0 Å². The van der Waals surface area contributed by atoms with Crippen LogP contribution in [0.25, 0.3) is 0 Å². The molecule has 0 unspecified atom stereocenters. The first-order valence-electron chi connectivity index (χ1n) is 13.8. The number of rotatable bonds is 26. The molecule has 0 atom stereocenters. The van der Waals surface area contributed by atoms with E-state index in [2.05, 4.69) is 6.92 Å². The molecule has 0 heterocycles. The minimum absolute atomic E-state index is 0.228. The quantitative estimate of drug-likeness (QED) is 0.129. The molecule has 0 saturated carbocycles. The van der Waals surface area contributed by atoms with Crippen molar-refractivity contribution in [3.8, 4) is 0 Å². The Bertz CT molecular complexity index is 496. The maximum atomic E-state index is 11.2. The number of aliphatic carboxylic acids is 3. The standard InChI is InChI=1S/C27H51NO6/c1-2-3-4-5-6-7-8-9-10-11-12-13-14-15-16-17-18-19-20-21-28(22-25(29)30,23-26(31)32)24-27(33)34/h2-24H2,1H3,(H2-,29,30,31,32,33,34). The molecule has 0 aromatic heterocycles. The molecule has 0 amide bonds. The highest BCUT2D eigenvalue weighted by atomic mass is 16.4. The smallest absolute Gasteiger partial charge is 0.359 e. The van der Waals surface area contributed by atoms with Crippen LogP contribution in [0.15, 0.2) is 0 Å². The number of unbranched alkanes of at least 4 members (excludes halogenated alkanes) is 18. The van der Waals surface area contributed by atoms with Gasteiger partial charge >= 0.3 is 11.9 Å². The Labute approximate surface area is 207 Å². The molecule has 0 fully saturated rings. The van der Waals surface area contributed by atoms with Gasteiger partial charge in [0.1, 0.15) is 6.54 Å². The molecule has 0 rings (SSSR count). The van der Waals surface area contributed by atoms with E-state index < -0.39 is 42.0 Å². The van der Waals surface area contributed by atoms with Crippen molar-refractivity contribution in [1.29, 1.82) is 0 Å². The average Bonchev–Trinajstić information content (AvgIpc) is 2.73. The molecule has 0 aromatic rings. The van der Waals surface area contributed by atoms with Crippen molar-refractivity contribution in [2.24, 2.45) is 0 Å². The van der Waals surface area contributed by atoms with Crippen LogP contribution in [0.5, 0.6) is 0 Å². The minimum Gasteiger partial charge on any atom is -0.544 e. The van der Waals surface area contributed by atoms with Crippen LogP contribution in [0.2, 0.25) is 0 Å². The number of nitrogens with zero attached hydrogens (tertiary/aromatic N) is 1. The van der Waals surface area contributed by atoms with Crippen LogP contribution in [0, 0.1) is 0 Å². The summed E-state index contributed by atoms with van der Waals surface area (Å²) in [7, 11) is 0. The molecule has 200 valence electrons. The number of quaternary nitrogens is 1. The second-order valence-corrected chi connectivity index (χ2v) is 10.1. The predicted molar refractivity (Wildman–Crippen MR) is 133 cm³/mol. The van der Waals surface area contributed by atoms with Gasteiger partial charge in [-0.3, -0.25) is 0 Å². The summed E-state index contributed by atoms with van der Waals surface area (Å²) < 4.78 is -0.494. The van der Waals surface area contributed by atoms with Crippen molar-refractivity contribution in [2.45, 2.75) is 129 Å². The molecule has 0 aliphatic carbocycles. The fourth-order valence-corrected chi connectivity index (χ4v) is 4.78. The van der Waals surface area contributed by atoms with Gasteiger partial charge in [0.05, 0.1) is 12.5 Å². The van der Waals surface area contributed by atoms with E-state index in [-0.39, 0.29) is 6.54 Å². The van der Waals surface area contributed by atoms with Gasteiger partial charge in [-0.05, 0) is 12.8 Å². The van der Waals surface area contributed by atoms with Crippen LogP contribution in [-0.2, 0) is 14.4 Å². The molecule has 0 radical (unpaired) electrons. The Kier molecular flexibility index (Phi) is 20.8. The second kappa shape index (κ2) is 21.9. The van der Waals surface area contributed by atoms with E-state index in [9.17, 15) is 19.5 Å². The van der Waals surface area contributed by atoms with Crippen LogP contribution in [0.4, 0.5) is 0 Å². The van der Waals surface area contributed by atoms with Crippen LogP contribution in [0.1, 0.15) is 129 Å². The van der Waals surface area contributed by atoms with Crippen molar-refractivity contribution in [1.82, 2.24) is 0 Å². The molecule has 34 heavy (non-hydrogen) atoms. The van der Waals surface area contributed by atoms with Crippen molar-refractivity contribution >= 4 is 17.9 Å². The molecule has 0 aliphatic heterocycles. The summed E-state index contributed by atoms with van der Waals surface area (Å²) >= 11 is 0. The van der Waals surface area contributed by atoms with Crippen LogP contribution in [0.3, 0.4) is 0 Å². The molecular formula is C27H51NO6. The SMILES string of the molecule is CCCCCCCCCCCCCCCCCCCCC[N+](CC(=O)[O-])(CC(=O)O)CC(=O)O. The molecular weight excluding hydrogens is 434 g/mol. The Morgan fingerprint density at radius 3 is 1.09 bits per heavy atom. The van der Waals surface area contributed by atoms with Crippen LogP contribution < -0.4 is 5.11 Å². The summed E-state index contributed by atoms with van der Waals surface area (Å²) in [5, 5.41) is 29.3. The van der Waals surface area contributed by atoms with Gasteiger partial charge in [0.2, 0.25) is 0 Å². The molecule has 0 saturated heterocycles. The summed E-state index contributed by atoms with van der Waals surface area (Å²) in [6.45, 7) is 0.873. The van der Waals surface area contributed by atoms with Gasteiger partial charge in [0.15, 0.2) is 13.1 Å². The van der Waals surface area contributed by atoms with Crippen molar-refractivity contribution in [2.75, 3.05) is 26.2 Å². The largest absolute Gasteiger partial charge is 0.544 e. The van der Waals surface area contributed by atoms with E-state index in [1.165, 1.54) is 96.3 Å². The van der Waals surface area contributed by atoms with E-state index in [4.69, 9.17) is 10.2 Å². The highest BCUT2D eigenvalue weighted by Crippen LogP contribution is 2.16. The first-order chi connectivity index (χ1) is 16.3. The topological polar surface area (TPSA) is 115 Å². The first-order valence-corrected chi connectivity index (χ1v) is 13.8. The summed E-state index contributed by atoms with van der Waals surface area (Å²) in [5.41, 5.74) is 0. The summed E-state index contributed by atoms with van der Waals surface area (Å²) in [6.07, 6.45) is 23.8. The molecule has 0 aromatic carbocycles. The summed E-state index contributed by atoms with van der Waals surface area (Å²) in [5.74, 6) is -3.80. The van der Waals surface area contributed by atoms with Crippen molar-refractivity contribution in [3.63, 3.8) is 0 Å². The first kappa shape index (κ1) is 32.4. The monoisotopic (exact) mass is 485 g/mol. The molecule has 0 aliphatic rings. The van der Waals surface area contributed by atoms with Crippen molar-refractivity contribution < 1.29 is 34.2 Å². The van der Waals surface area contributed by atoms with Gasteiger partial charge in [-0.2, -0.15) is 0 Å². The summed E-state index contributed by atoms with van der Waals surface area (Å²) in [6, 6.07) is 0. The lowest BCUT2D eigenvalue weighted by Gasteiger charge is -2.36. The zero-order valence-corrected chi connectivity index (χ0v) is 21.7. The lowest BCUT2D eigenvalue weighted by molar-refractivity contribution is -0.909. The van der Waals surface area contributed by atoms with E-state index in [1.54, 1.807) is 0 Å². The molecule has 7 nitrogen and oxygen atoms in total. The number of hydrogen-bond acceptors (Lipinski definition) is 4. The third-order valence-electron chi connectivity index (χ3n) is 6.64. The van der Waals surface area contributed by atoms with Gasteiger partial charge in [0.25, 0.3) is 0 Å². The van der Waals surface area contributed by atoms with E-state index in [0.29, 0.717) is 6.42 Å². The maximum Gasteiger partial charge on any atom is 0.359 e. The lowest BCUT2D eigenvalue weighted by Crippen LogP contribution is -2.59. The lowest BCUT2D eigenvalue weighted by atomic mass is 10.0. The third-order valence-corrected chi connectivity index (χ3v) is 6.64. The zero-order chi connectivity index (χ0) is 25.5. The Morgan fingerprint density at radius 2 is 0.824 bits per heavy atom. The van der Waals surface area contributed by atoms with E-state index in [0.717, 1.165) is 19.3 Å². The molecule has 7 heteroatoms. The Balaban J connectivity index is 3.69. The van der Waals surface area contributed by atoms with E-state index >= 15 is 0 Å². The zero-order valence-electron chi connectivity index (χ0n) is 21.7. The normalized spacial score (nSPS) is 11.6. The number of carbonyl (C=O) groups excluding carboxylic acids is 1. The number of carbonyl (C=O) groups is 3. The average molecular weight is 486 g/mol. The Morgan fingerprint density at radius 1 is 0.529 bits per heavy atom. The molecule has 2 N–H and O–H groups in total. The van der Waals surface area contributed by atoms with Gasteiger partial charge in [-0.25, -0.2) is 9.59 Å². The van der Waals surface area contributed by atoms with Gasteiger partial charge in [-0.1, -0.05) is 116 Å². The maximum absolute atomic E-state index is 11.2. The predicted octanol–water partition coefficient (Wildman–Crippen LogP) is 5.15. The fraction of sp³-hybridized carbons (Fsp3) is 0.889. The second-order valence-electron chi connectivity index (χ2n) is 10.1. The van der Waals surface area contributed by atoms with Gasteiger partial charge < -0.3 is 24.6 Å². The van der Waals surface area contributed by atoms with Gasteiger partial charge in [-0.15, -0.1) is 0 Å². The highest BCUT2D eigenvalue weighted by molar-refractivity contribution is 5.72. The minimum atomic E-state index is -1.42. The number of carboxylic acid groups (broad SMARTS) is 3. The highest BCUT2D eigenvalue weighted by Gasteiger charge is 2.33. The Hall–Kier alpha value is -1.63. The number of carboxylic acids is 3. The van der Waals surface area contributed by atoms with Gasteiger partial charge in [0, 0.05) is 0 Å². The van der Waals surface area contributed by atoms with Crippen molar-refractivity contribution in [3.05, 3.63) is 0 Å².